The summed E-state index contributed by atoms with van der Waals surface area (Å²) < 4.78 is 30.0. The van der Waals surface area contributed by atoms with E-state index in [1.807, 2.05) is 14.1 Å². The topological polar surface area (TPSA) is 75.4 Å². The first-order chi connectivity index (χ1) is 7.85. The number of rotatable bonds is 3. The molecule has 0 saturated carbocycles. The second-order valence-corrected chi connectivity index (χ2v) is 5.70. The van der Waals surface area contributed by atoms with Crippen LogP contribution in [0.1, 0.15) is 0 Å². The molecule has 0 saturated heterocycles. The normalized spacial score (nSPS) is 11.7. The third-order valence-electron chi connectivity index (χ3n) is 2.06. The molecule has 2 rings (SSSR count). The highest BCUT2D eigenvalue weighted by Crippen LogP contribution is 2.23. The van der Waals surface area contributed by atoms with Gasteiger partial charge in [0.05, 0.1) is 11.9 Å². The summed E-state index contributed by atoms with van der Waals surface area (Å²) in [6, 6.07) is 5.44. The Balaban J connectivity index is 2.43. The lowest BCUT2D eigenvalue weighted by Gasteiger charge is -2.03. The zero-order valence-corrected chi connectivity index (χ0v) is 10.6. The van der Waals surface area contributed by atoms with E-state index >= 15 is 0 Å². The van der Waals surface area contributed by atoms with Crippen molar-refractivity contribution in [3.8, 4) is 0 Å². The van der Waals surface area contributed by atoms with Gasteiger partial charge in [0, 0.05) is 20.2 Å². The van der Waals surface area contributed by atoms with Gasteiger partial charge < -0.3 is 9.32 Å². The molecule has 0 spiro atoms. The third kappa shape index (κ3) is 2.68. The van der Waals surface area contributed by atoms with Crippen LogP contribution in [0.5, 0.6) is 0 Å². The number of benzene rings is 1. The number of oxazole rings is 1. The molecule has 0 aliphatic heterocycles. The molecule has 2 aromatic rings. The molecule has 7 heteroatoms. The first kappa shape index (κ1) is 11.7. The molecule has 1 heterocycles. The summed E-state index contributed by atoms with van der Waals surface area (Å²) in [6.45, 7) is 0. The monoisotopic (exact) mass is 255 g/mol. The van der Waals surface area contributed by atoms with Gasteiger partial charge in [-0.05, 0) is 12.1 Å². The Morgan fingerprint density at radius 3 is 2.65 bits per heavy atom. The lowest BCUT2D eigenvalue weighted by molar-refractivity contribution is 0.597. The lowest BCUT2D eigenvalue weighted by Crippen LogP contribution is -2.09. The Kier molecular flexibility index (Phi) is 2.70. The predicted octanol–water partition coefficient (Wildman–Crippen LogP) is 1.27. The minimum atomic E-state index is -3.28. The summed E-state index contributed by atoms with van der Waals surface area (Å²) in [7, 11) is 0.362. The van der Waals surface area contributed by atoms with Crippen molar-refractivity contribution in [2.24, 2.45) is 0 Å². The van der Waals surface area contributed by atoms with Crippen LogP contribution in [0, 0.1) is 0 Å². The summed E-state index contributed by atoms with van der Waals surface area (Å²) >= 11 is 0. The molecule has 0 aliphatic carbocycles. The Labute approximate surface area is 99.3 Å². The fraction of sp³-hybridized carbons (Fsp3) is 0.300. The molecule has 1 aromatic carbocycles. The van der Waals surface area contributed by atoms with Crippen molar-refractivity contribution in [2.45, 2.75) is 0 Å². The van der Waals surface area contributed by atoms with E-state index in [4.69, 9.17) is 4.42 Å². The zero-order valence-electron chi connectivity index (χ0n) is 9.76. The van der Waals surface area contributed by atoms with Gasteiger partial charge in [-0.2, -0.15) is 4.98 Å². The highest BCUT2D eigenvalue weighted by Gasteiger charge is 2.09. The number of anilines is 2. The van der Waals surface area contributed by atoms with Crippen molar-refractivity contribution in [1.82, 2.24) is 4.98 Å². The van der Waals surface area contributed by atoms with Crippen LogP contribution in [-0.4, -0.2) is 33.8 Å². The molecule has 17 heavy (non-hydrogen) atoms. The van der Waals surface area contributed by atoms with Crippen molar-refractivity contribution in [3.05, 3.63) is 18.2 Å². The van der Waals surface area contributed by atoms with Crippen LogP contribution in [0.25, 0.3) is 11.1 Å². The van der Waals surface area contributed by atoms with Crippen LogP contribution in [-0.2, 0) is 10.0 Å². The molecule has 0 aliphatic rings. The molecule has 1 N–H and O–H groups in total. The summed E-state index contributed by atoms with van der Waals surface area (Å²) in [5.41, 5.74) is 1.69. The van der Waals surface area contributed by atoms with Gasteiger partial charge in [0.25, 0.3) is 6.01 Å². The predicted molar refractivity (Wildman–Crippen MR) is 66.8 cm³/mol. The first-order valence-electron chi connectivity index (χ1n) is 4.91. The van der Waals surface area contributed by atoms with Crippen LogP contribution >= 0.6 is 0 Å². The van der Waals surface area contributed by atoms with E-state index in [0.717, 1.165) is 6.26 Å². The van der Waals surface area contributed by atoms with Crippen LogP contribution < -0.4 is 9.62 Å². The third-order valence-corrected chi connectivity index (χ3v) is 2.67. The molecule has 92 valence electrons. The van der Waals surface area contributed by atoms with E-state index in [1.54, 1.807) is 23.1 Å². The van der Waals surface area contributed by atoms with E-state index in [1.165, 1.54) is 0 Å². The van der Waals surface area contributed by atoms with Crippen molar-refractivity contribution in [2.75, 3.05) is 30.0 Å². The van der Waals surface area contributed by atoms with E-state index < -0.39 is 10.0 Å². The smallest absolute Gasteiger partial charge is 0.297 e. The number of aromatic nitrogens is 1. The molecule has 0 atom stereocenters. The number of fused-ring (bicyclic) bond motifs is 1. The molecule has 0 amide bonds. The number of sulfonamides is 1. The highest BCUT2D eigenvalue weighted by molar-refractivity contribution is 7.92. The lowest BCUT2D eigenvalue weighted by atomic mass is 10.3. The van der Waals surface area contributed by atoms with Gasteiger partial charge in [0.15, 0.2) is 5.58 Å². The van der Waals surface area contributed by atoms with E-state index in [0.29, 0.717) is 22.8 Å². The van der Waals surface area contributed by atoms with Gasteiger partial charge in [-0.1, -0.05) is 0 Å². The summed E-state index contributed by atoms with van der Waals surface area (Å²) in [4.78, 5) is 5.97. The van der Waals surface area contributed by atoms with Gasteiger partial charge in [0.2, 0.25) is 10.0 Å². The van der Waals surface area contributed by atoms with Gasteiger partial charge >= 0.3 is 0 Å². The van der Waals surface area contributed by atoms with E-state index in [2.05, 4.69) is 9.71 Å². The van der Waals surface area contributed by atoms with Gasteiger partial charge in [0.1, 0.15) is 5.52 Å². The molecule has 0 radical (unpaired) electrons. The molecule has 1 aromatic heterocycles. The fourth-order valence-electron chi connectivity index (χ4n) is 1.38. The van der Waals surface area contributed by atoms with Gasteiger partial charge in [-0.15, -0.1) is 0 Å². The van der Waals surface area contributed by atoms with Gasteiger partial charge in [-0.25, -0.2) is 8.42 Å². The zero-order chi connectivity index (χ0) is 12.6. The summed E-state index contributed by atoms with van der Waals surface area (Å²) in [6.07, 6.45) is 1.10. The maximum absolute atomic E-state index is 11.1. The Morgan fingerprint density at radius 2 is 2.06 bits per heavy atom. The molecule has 6 nitrogen and oxygen atoms in total. The maximum Gasteiger partial charge on any atom is 0.297 e. The second kappa shape index (κ2) is 3.92. The molecular weight excluding hydrogens is 242 g/mol. The average molecular weight is 255 g/mol. The van der Waals surface area contributed by atoms with Crippen molar-refractivity contribution in [1.29, 1.82) is 0 Å². The van der Waals surface area contributed by atoms with E-state index in [-0.39, 0.29) is 0 Å². The SMILES string of the molecule is CN(C)c1nc2ccc(NS(C)(=O)=O)cc2o1. The Bertz CT molecular complexity index is 646. The Hall–Kier alpha value is -1.76. The van der Waals surface area contributed by atoms with Gasteiger partial charge in [-0.3, -0.25) is 4.72 Å². The minimum absolute atomic E-state index is 0.460. The van der Waals surface area contributed by atoms with Crippen LogP contribution in [0.4, 0.5) is 11.7 Å². The number of hydrogen-bond donors (Lipinski definition) is 1. The van der Waals surface area contributed by atoms with Crippen molar-refractivity contribution < 1.29 is 12.8 Å². The first-order valence-corrected chi connectivity index (χ1v) is 6.80. The summed E-state index contributed by atoms with van der Waals surface area (Å²) in [5, 5.41) is 0. The van der Waals surface area contributed by atoms with Crippen LogP contribution in [0.15, 0.2) is 22.6 Å². The number of hydrogen-bond acceptors (Lipinski definition) is 5. The standard InChI is InChI=1S/C10H13N3O3S/c1-13(2)10-11-8-5-4-7(6-9(8)16-10)12-17(3,14)15/h4-6,12H,1-3H3. The summed E-state index contributed by atoms with van der Waals surface area (Å²) in [5.74, 6) is 0. The van der Waals surface area contributed by atoms with Crippen LogP contribution in [0.2, 0.25) is 0 Å². The number of nitrogens with one attached hydrogen (secondary N) is 1. The quantitative estimate of drug-likeness (QED) is 0.893. The highest BCUT2D eigenvalue weighted by atomic mass is 32.2. The van der Waals surface area contributed by atoms with Crippen molar-refractivity contribution in [3.63, 3.8) is 0 Å². The van der Waals surface area contributed by atoms with E-state index in [9.17, 15) is 8.42 Å². The average Bonchev–Trinajstić information content (AvgIpc) is 2.57. The molecule has 0 unspecified atom stereocenters. The fourth-order valence-corrected chi connectivity index (χ4v) is 1.94. The molecular formula is C10H13N3O3S. The number of nitrogens with zero attached hydrogens (tertiary/aromatic N) is 2. The second-order valence-electron chi connectivity index (χ2n) is 3.95. The Morgan fingerprint density at radius 1 is 1.35 bits per heavy atom. The van der Waals surface area contributed by atoms with Crippen LogP contribution in [0.3, 0.4) is 0 Å². The maximum atomic E-state index is 11.1. The molecule has 0 bridgehead atoms. The molecule has 0 fully saturated rings. The minimum Gasteiger partial charge on any atom is -0.423 e. The largest absolute Gasteiger partial charge is 0.423 e. The van der Waals surface area contributed by atoms with Crippen molar-refractivity contribution >= 4 is 32.8 Å².